The zero-order valence-corrected chi connectivity index (χ0v) is 14.3. The van der Waals surface area contributed by atoms with Gasteiger partial charge < -0.3 is 10.4 Å². The number of hydrogen-bond acceptors (Lipinski definition) is 5. The standard InChI is InChI=1S/C14H23N3O4S/c1-9(2)8-15-12-6-11(14(18)19)7-13(16-12)17(5)22(20,21)10(3)4/h6-7,9-10H,8H2,1-5H3,(H,15,16)(H,18,19). The zero-order chi connectivity index (χ0) is 17.1. The lowest BCUT2D eigenvalue weighted by molar-refractivity contribution is 0.0697. The van der Waals surface area contributed by atoms with Gasteiger partial charge in [-0.25, -0.2) is 18.2 Å². The number of hydrogen-bond donors (Lipinski definition) is 2. The van der Waals surface area contributed by atoms with Gasteiger partial charge in [-0.15, -0.1) is 0 Å². The zero-order valence-electron chi connectivity index (χ0n) is 13.5. The molecule has 0 radical (unpaired) electrons. The molecule has 1 aromatic heterocycles. The van der Waals surface area contributed by atoms with E-state index < -0.39 is 21.2 Å². The molecule has 22 heavy (non-hydrogen) atoms. The molecule has 0 aliphatic rings. The Hall–Kier alpha value is -1.83. The third kappa shape index (κ3) is 4.33. The lowest BCUT2D eigenvalue weighted by atomic mass is 10.2. The summed E-state index contributed by atoms with van der Waals surface area (Å²) in [6, 6.07) is 2.65. The summed E-state index contributed by atoms with van der Waals surface area (Å²) in [6.07, 6.45) is 0. The Labute approximate surface area is 131 Å². The number of aromatic carboxylic acids is 1. The van der Waals surface area contributed by atoms with Gasteiger partial charge in [-0.3, -0.25) is 4.31 Å². The summed E-state index contributed by atoms with van der Waals surface area (Å²) >= 11 is 0. The molecule has 8 heteroatoms. The average Bonchev–Trinajstić information content (AvgIpc) is 2.43. The monoisotopic (exact) mass is 329 g/mol. The molecular weight excluding hydrogens is 306 g/mol. The lowest BCUT2D eigenvalue weighted by Gasteiger charge is -2.22. The third-order valence-electron chi connectivity index (χ3n) is 3.05. The Balaban J connectivity index is 3.26. The van der Waals surface area contributed by atoms with Crippen molar-refractivity contribution in [3.8, 4) is 0 Å². The molecule has 0 aromatic carbocycles. The Morgan fingerprint density at radius 2 is 1.91 bits per heavy atom. The molecule has 0 saturated heterocycles. The maximum atomic E-state index is 12.2. The second-order valence-electron chi connectivity index (χ2n) is 5.74. The van der Waals surface area contributed by atoms with Crippen LogP contribution in [0.4, 0.5) is 11.6 Å². The molecule has 7 nitrogen and oxygen atoms in total. The molecule has 1 aromatic rings. The number of carbonyl (C=O) groups is 1. The topological polar surface area (TPSA) is 99.6 Å². The minimum Gasteiger partial charge on any atom is -0.478 e. The molecule has 0 unspecified atom stereocenters. The third-order valence-corrected chi connectivity index (χ3v) is 5.19. The van der Waals surface area contributed by atoms with Gasteiger partial charge in [0.05, 0.1) is 10.8 Å². The maximum Gasteiger partial charge on any atom is 0.335 e. The number of nitrogens with zero attached hydrogens (tertiary/aromatic N) is 2. The molecular formula is C14H23N3O4S. The number of aromatic nitrogens is 1. The normalized spacial score (nSPS) is 11.8. The van der Waals surface area contributed by atoms with Crippen LogP contribution in [0, 0.1) is 5.92 Å². The van der Waals surface area contributed by atoms with Gasteiger partial charge in [0.2, 0.25) is 10.0 Å². The highest BCUT2D eigenvalue weighted by molar-refractivity contribution is 7.93. The van der Waals surface area contributed by atoms with Gasteiger partial charge in [0, 0.05) is 13.6 Å². The summed E-state index contributed by atoms with van der Waals surface area (Å²) in [4.78, 5) is 15.4. The van der Waals surface area contributed by atoms with Crippen LogP contribution in [0.3, 0.4) is 0 Å². The van der Waals surface area contributed by atoms with Gasteiger partial charge in [0.15, 0.2) is 0 Å². The fourth-order valence-corrected chi connectivity index (χ4v) is 2.63. The van der Waals surface area contributed by atoms with E-state index in [0.717, 1.165) is 4.31 Å². The number of nitrogens with one attached hydrogen (secondary N) is 1. The van der Waals surface area contributed by atoms with Crippen LogP contribution in [0.5, 0.6) is 0 Å². The highest BCUT2D eigenvalue weighted by atomic mass is 32.2. The first-order valence-electron chi connectivity index (χ1n) is 7.02. The van der Waals surface area contributed by atoms with Gasteiger partial charge >= 0.3 is 5.97 Å². The van der Waals surface area contributed by atoms with Crippen LogP contribution in [0.25, 0.3) is 0 Å². The van der Waals surface area contributed by atoms with Crippen LogP contribution < -0.4 is 9.62 Å². The Morgan fingerprint density at radius 1 is 1.32 bits per heavy atom. The fraction of sp³-hybridized carbons (Fsp3) is 0.571. The van der Waals surface area contributed by atoms with E-state index in [9.17, 15) is 18.3 Å². The molecule has 1 rings (SSSR count). The van der Waals surface area contributed by atoms with Crippen molar-refractivity contribution in [3.05, 3.63) is 17.7 Å². The van der Waals surface area contributed by atoms with Gasteiger partial charge in [0.1, 0.15) is 11.6 Å². The van der Waals surface area contributed by atoms with Gasteiger partial charge in [-0.2, -0.15) is 0 Å². The number of rotatable bonds is 7. The minimum atomic E-state index is -3.57. The van der Waals surface area contributed by atoms with Crippen molar-refractivity contribution in [1.29, 1.82) is 0 Å². The SMILES string of the molecule is CC(C)CNc1cc(C(=O)O)cc(N(C)S(=O)(=O)C(C)C)n1. The summed E-state index contributed by atoms with van der Waals surface area (Å²) in [7, 11) is -2.20. The largest absolute Gasteiger partial charge is 0.478 e. The second-order valence-corrected chi connectivity index (χ2v) is 8.26. The summed E-state index contributed by atoms with van der Waals surface area (Å²) in [5, 5.41) is 11.6. The van der Waals surface area contributed by atoms with Gasteiger partial charge in [-0.05, 0) is 31.9 Å². The number of carboxylic acids is 1. The van der Waals surface area contributed by atoms with E-state index in [-0.39, 0.29) is 11.4 Å². The Morgan fingerprint density at radius 3 is 2.36 bits per heavy atom. The Bertz CT molecular complexity index is 641. The van der Waals surface area contributed by atoms with Crippen LogP contribution in [0.15, 0.2) is 12.1 Å². The van der Waals surface area contributed by atoms with E-state index in [1.54, 1.807) is 13.8 Å². The first kappa shape index (κ1) is 18.2. The average molecular weight is 329 g/mol. The number of sulfonamides is 1. The first-order valence-corrected chi connectivity index (χ1v) is 8.53. The van der Waals surface area contributed by atoms with Crippen molar-refractivity contribution in [2.24, 2.45) is 5.92 Å². The fourth-order valence-electron chi connectivity index (χ4n) is 1.65. The predicted molar refractivity (Wildman–Crippen MR) is 87.0 cm³/mol. The van der Waals surface area contributed by atoms with E-state index in [0.29, 0.717) is 18.3 Å². The van der Waals surface area contributed by atoms with E-state index in [4.69, 9.17) is 0 Å². The van der Waals surface area contributed by atoms with Crippen LogP contribution in [-0.4, -0.2) is 43.3 Å². The van der Waals surface area contributed by atoms with Crippen molar-refractivity contribution in [2.45, 2.75) is 32.9 Å². The van der Waals surface area contributed by atoms with E-state index in [1.807, 2.05) is 13.8 Å². The molecule has 1 heterocycles. The van der Waals surface area contributed by atoms with E-state index in [1.165, 1.54) is 19.2 Å². The predicted octanol–water partition coefficient (Wildman–Crippen LogP) is 2.02. The highest BCUT2D eigenvalue weighted by Gasteiger charge is 2.24. The van der Waals surface area contributed by atoms with Crippen molar-refractivity contribution < 1.29 is 18.3 Å². The summed E-state index contributed by atoms with van der Waals surface area (Å²) in [6.45, 7) is 7.74. The van der Waals surface area contributed by atoms with Crippen molar-refractivity contribution in [2.75, 3.05) is 23.2 Å². The number of carboxylic acid groups (broad SMARTS) is 1. The van der Waals surface area contributed by atoms with Gasteiger partial charge in [-0.1, -0.05) is 13.8 Å². The quantitative estimate of drug-likeness (QED) is 0.794. The summed E-state index contributed by atoms with van der Waals surface area (Å²) in [5.74, 6) is -0.364. The molecule has 0 spiro atoms. The van der Waals surface area contributed by atoms with Gasteiger partial charge in [0.25, 0.3) is 0 Å². The first-order chi connectivity index (χ1) is 10.1. The van der Waals surface area contributed by atoms with Crippen molar-refractivity contribution in [1.82, 2.24) is 4.98 Å². The van der Waals surface area contributed by atoms with Crippen molar-refractivity contribution >= 4 is 27.6 Å². The highest BCUT2D eigenvalue weighted by Crippen LogP contribution is 2.21. The molecule has 0 fully saturated rings. The lowest BCUT2D eigenvalue weighted by Crippen LogP contribution is -2.33. The molecule has 0 amide bonds. The molecule has 124 valence electrons. The minimum absolute atomic E-state index is 0.0120. The number of pyridine rings is 1. The molecule has 0 aliphatic carbocycles. The van der Waals surface area contributed by atoms with E-state index in [2.05, 4.69) is 10.3 Å². The summed E-state index contributed by atoms with van der Waals surface area (Å²) < 4.78 is 25.4. The molecule has 0 aliphatic heterocycles. The molecule has 2 N–H and O–H groups in total. The second kappa shape index (κ2) is 6.95. The van der Waals surface area contributed by atoms with Crippen LogP contribution in [0.2, 0.25) is 0 Å². The molecule has 0 bridgehead atoms. The van der Waals surface area contributed by atoms with Crippen LogP contribution in [-0.2, 0) is 10.0 Å². The Kier molecular flexibility index (Phi) is 5.76. The van der Waals surface area contributed by atoms with Crippen LogP contribution >= 0.6 is 0 Å². The molecule has 0 atom stereocenters. The van der Waals surface area contributed by atoms with E-state index >= 15 is 0 Å². The molecule has 0 saturated carbocycles. The van der Waals surface area contributed by atoms with Crippen molar-refractivity contribution in [3.63, 3.8) is 0 Å². The van der Waals surface area contributed by atoms with Crippen LogP contribution in [0.1, 0.15) is 38.1 Å². The number of anilines is 2. The smallest absolute Gasteiger partial charge is 0.335 e. The summed E-state index contributed by atoms with van der Waals surface area (Å²) in [5.41, 5.74) is -0.0120. The maximum absolute atomic E-state index is 12.2.